The SMILES string of the molecule is [2H]c1c([2H])c([2H])c(-c2c([2H])c([2H])c(-c3c4ccccc4c(-c4cccc5oc6ccc7ccccc7c6c45)c4ccccc34)c([2H])c2[2H])c([2H])c1[2H]. The molecule has 1 nitrogen and oxygen atoms in total. The first-order valence-electron chi connectivity index (χ1n) is 18.5. The van der Waals surface area contributed by atoms with Crippen LogP contribution in [-0.2, 0) is 0 Å². The topological polar surface area (TPSA) is 13.1 Å². The van der Waals surface area contributed by atoms with Gasteiger partial charge < -0.3 is 4.42 Å². The molecule has 0 unspecified atom stereocenters. The molecule has 0 fully saturated rings. The zero-order chi connectivity index (χ0) is 36.2. The summed E-state index contributed by atoms with van der Waals surface area (Å²) in [7, 11) is 0. The number of fused-ring (bicyclic) bond motifs is 7. The maximum Gasteiger partial charge on any atom is 0.136 e. The number of hydrogen-bond donors (Lipinski definition) is 0. The first kappa shape index (κ1) is 16.7. The molecule has 0 saturated carbocycles. The molecule has 9 rings (SSSR count). The highest BCUT2D eigenvalue weighted by Gasteiger charge is 2.21. The van der Waals surface area contributed by atoms with Crippen molar-refractivity contribution >= 4 is 54.3 Å². The van der Waals surface area contributed by atoms with Gasteiger partial charge in [-0.05, 0) is 77.8 Å². The molecule has 1 heteroatoms. The Morgan fingerprint density at radius 1 is 0.395 bits per heavy atom. The number of rotatable bonds is 3. The van der Waals surface area contributed by atoms with Gasteiger partial charge >= 0.3 is 0 Å². The second kappa shape index (κ2) is 9.44. The molecule has 1 heterocycles. The van der Waals surface area contributed by atoms with Crippen molar-refractivity contribution in [3.8, 4) is 33.4 Å². The maximum atomic E-state index is 9.32. The Balaban J connectivity index is 1.41. The van der Waals surface area contributed by atoms with E-state index in [1.54, 1.807) is 0 Å². The van der Waals surface area contributed by atoms with E-state index in [4.69, 9.17) is 14.0 Å². The van der Waals surface area contributed by atoms with Crippen LogP contribution in [0.15, 0.2) is 162 Å². The van der Waals surface area contributed by atoms with Crippen molar-refractivity contribution < 1.29 is 16.8 Å². The van der Waals surface area contributed by atoms with Crippen molar-refractivity contribution in [3.05, 3.63) is 158 Å². The van der Waals surface area contributed by atoms with Gasteiger partial charge in [0.15, 0.2) is 0 Å². The van der Waals surface area contributed by atoms with E-state index in [0.29, 0.717) is 16.3 Å². The molecule has 1 aromatic heterocycles. The molecule has 0 bridgehead atoms. The van der Waals surface area contributed by atoms with E-state index in [1.165, 1.54) is 0 Å². The highest BCUT2D eigenvalue weighted by molar-refractivity contribution is 6.28. The summed E-state index contributed by atoms with van der Waals surface area (Å²) >= 11 is 0. The number of furan rings is 1. The van der Waals surface area contributed by atoms with Gasteiger partial charge in [-0.2, -0.15) is 0 Å². The average Bonchev–Trinajstić information content (AvgIpc) is 3.56. The van der Waals surface area contributed by atoms with Crippen molar-refractivity contribution in [2.45, 2.75) is 0 Å². The van der Waals surface area contributed by atoms with Gasteiger partial charge in [-0.25, -0.2) is 0 Å². The lowest BCUT2D eigenvalue weighted by molar-refractivity contribution is 0.669. The minimum Gasteiger partial charge on any atom is -0.456 e. The average molecular weight is 556 g/mol. The molecule has 200 valence electrons. The van der Waals surface area contributed by atoms with Crippen LogP contribution in [0, 0.1) is 0 Å². The fourth-order valence-electron chi connectivity index (χ4n) is 6.42. The zero-order valence-corrected chi connectivity index (χ0v) is 22.7. The van der Waals surface area contributed by atoms with Crippen LogP contribution in [0.4, 0.5) is 0 Å². The van der Waals surface area contributed by atoms with E-state index >= 15 is 0 Å². The van der Waals surface area contributed by atoms with E-state index < -0.39 is 42.3 Å². The Labute approximate surface area is 261 Å². The van der Waals surface area contributed by atoms with Gasteiger partial charge in [0, 0.05) is 10.8 Å². The predicted molar refractivity (Wildman–Crippen MR) is 183 cm³/mol. The first-order chi connectivity index (χ1) is 25.1. The molecular formula is C42H26O. The Morgan fingerprint density at radius 2 is 0.953 bits per heavy atom. The molecular weight excluding hydrogens is 520 g/mol. The number of benzene rings is 8. The fourth-order valence-corrected chi connectivity index (χ4v) is 6.42. The van der Waals surface area contributed by atoms with Crippen LogP contribution in [0.3, 0.4) is 0 Å². The Hall–Kier alpha value is -5.66. The van der Waals surface area contributed by atoms with Crippen LogP contribution in [0.5, 0.6) is 0 Å². The summed E-state index contributed by atoms with van der Waals surface area (Å²) in [5, 5.41) is 7.22. The third-order valence-electron chi connectivity index (χ3n) is 8.21. The van der Waals surface area contributed by atoms with E-state index in [9.17, 15) is 2.74 Å². The minimum absolute atomic E-state index is 0.0584. The molecule has 0 saturated heterocycles. The van der Waals surface area contributed by atoms with Gasteiger partial charge in [0.1, 0.15) is 11.2 Å². The van der Waals surface area contributed by atoms with Gasteiger partial charge in [-0.3, -0.25) is 0 Å². The van der Waals surface area contributed by atoms with Gasteiger partial charge in [-0.15, -0.1) is 0 Å². The molecule has 0 aliphatic carbocycles. The summed E-state index contributed by atoms with van der Waals surface area (Å²) in [5.74, 6) is 0. The Kier molecular flexibility index (Phi) is 3.67. The van der Waals surface area contributed by atoms with Crippen LogP contribution in [-0.4, -0.2) is 0 Å². The summed E-state index contributed by atoms with van der Waals surface area (Å²) in [6.45, 7) is 0. The van der Waals surface area contributed by atoms with Crippen molar-refractivity contribution in [1.29, 1.82) is 0 Å². The van der Waals surface area contributed by atoms with Crippen LogP contribution in [0.25, 0.3) is 87.6 Å². The maximum absolute atomic E-state index is 9.32. The lowest BCUT2D eigenvalue weighted by Gasteiger charge is -2.18. The van der Waals surface area contributed by atoms with Crippen LogP contribution >= 0.6 is 0 Å². The molecule has 0 amide bonds. The Morgan fingerprint density at radius 3 is 1.65 bits per heavy atom. The van der Waals surface area contributed by atoms with Crippen molar-refractivity contribution in [2.24, 2.45) is 0 Å². The number of hydrogen-bond acceptors (Lipinski definition) is 1. The highest BCUT2D eigenvalue weighted by Crippen LogP contribution is 2.47. The van der Waals surface area contributed by atoms with E-state index in [2.05, 4.69) is 24.3 Å². The molecule has 0 spiro atoms. The summed E-state index contributed by atoms with van der Waals surface area (Å²) in [6, 6.07) is 29.0. The molecule has 0 atom stereocenters. The molecule has 8 aromatic carbocycles. The van der Waals surface area contributed by atoms with Gasteiger partial charge in [0.05, 0.1) is 12.3 Å². The monoisotopic (exact) mass is 555 g/mol. The van der Waals surface area contributed by atoms with Gasteiger partial charge in [-0.1, -0.05) is 145 Å². The van der Waals surface area contributed by atoms with E-state index in [-0.39, 0.29) is 28.8 Å². The quantitative estimate of drug-likeness (QED) is 0.198. The molecule has 43 heavy (non-hydrogen) atoms. The normalized spacial score (nSPS) is 14.7. The lowest BCUT2D eigenvalue weighted by Crippen LogP contribution is -1.91. The summed E-state index contributed by atoms with van der Waals surface area (Å²) in [5.41, 5.74) is 3.25. The van der Waals surface area contributed by atoms with E-state index in [0.717, 1.165) is 54.6 Å². The molecule has 0 aliphatic heterocycles. The zero-order valence-electron chi connectivity index (χ0n) is 31.7. The van der Waals surface area contributed by atoms with Crippen molar-refractivity contribution in [1.82, 2.24) is 0 Å². The van der Waals surface area contributed by atoms with Crippen LogP contribution in [0.2, 0.25) is 0 Å². The Bertz CT molecular complexity index is 2900. The molecule has 0 aliphatic rings. The smallest absolute Gasteiger partial charge is 0.136 e. The first-order valence-corrected chi connectivity index (χ1v) is 14.0. The van der Waals surface area contributed by atoms with Crippen LogP contribution in [0.1, 0.15) is 12.3 Å². The summed E-state index contributed by atoms with van der Waals surface area (Å²) < 4.78 is 84.7. The predicted octanol–water partition coefficient (Wildman–Crippen LogP) is 12.0. The van der Waals surface area contributed by atoms with Gasteiger partial charge in [0.2, 0.25) is 0 Å². The molecule has 0 N–H and O–H groups in total. The fraction of sp³-hybridized carbons (Fsp3) is 0. The summed E-state index contributed by atoms with van der Waals surface area (Å²) in [4.78, 5) is 0. The third-order valence-corrected chi connectivity index (χ3v) is 8.21. The largest absolute Gasteiger partial charge is 0.456 e. The lowest BCUT2D eigenvalue weighted by atomic mass is 9.84. The second-order valence-corrected chi connectivity index (χ2v) is 10.5. The molecule has 0 radical (unpaired) electrons. The third kappa shape index (κ3) is 3.65. The summed E-state index contributed by atoms with van der Waals surface area (Å²) in [6.07, 6.45) is 0. The van der Waals surface area contributed by atoms with Crippen LogP contribution < -0.4 is 0 Å². The standard InChI is InChI=1S/C42H26O/c1-2-11-27(12-3-1)28-21-23-30(24-22-28)39-32-15-6-8-17-34(32)40(35-18-9-7-16-33(35)39)36-19-10-20-37-42(36)41-31-14-5-4-13-29(31)25-26-38(41)43-37/h1-26H/i1D,2D,3D,11D,12D,21D,22D,23D,24D. The second-order valence-electron chi connectivity index (χ2n) is 10.5. The van der Waals surface area contributed by atoms with Crippen molar-refractivity contribution in [2.75, 3.05) is 0 Å². The highest BCUT2D eigenvalue weighted by atomic mass is 16.3. The van der Waals surface area contributed by atoms with Gasteiger partial charge in [0.25, 0.3) is 0 Å². The minimum atomic E-state index is -0.613. The van der Waals surface area contributed by atoms with E-state index in [1.807, 2.05) is 78.9 Å². The molecule has 9 aromatic rings. The van der Waals surface area contributed by atoms with Crippen molar-refractivity contribution in [3.63, 3.8) is 0 Å².